The standard InChI is InChI=1S/C11H11F3N2O3S/c1-6(9(15)18-10(16)20)17-7-2-4-8(5-3-7)19-11(12,13)14/h2-6,15H,1H3,(H2,16,20). The van der Waals surface area contributed by atoms with E-state index in [2.05, 4.69) is 21.7 Å². The summed E-state index contributed by atoms with van der Waals surface area (Å²) in [6.45, 7) is 1.50. The van der Waals surface area contributed by atoms with Crippen LogP contribution in [0.15, 0.2) is 24.3 Å². The van der Waals surface area contributed by atoms with Crippen molar-refractivity contribution in [3.63, 3.8) is 0 Å². The van der Waals surface area contributed by atoms with Crippen molar-refractivity contribution in [3.05, 3.63) is 24.3 Å². The predicted molar refractivity (Wildman–Crippen MR) is 68.8 cm³/mol. The molecular formula is C11H11F3N2O3S. The van der Waals surface area contributed by atoms with Gasteiger partial charge in [0.2, 0.25) is 5.90 Å². The molecule has 0 spiro atoms. The van der Waals surface area contributed by atoms with Crippen molar-refractivity contribution in [3.8, 4) is 11.5 Å². The highest BCUT2D eigenvalue weighted by molar-refractivity contribution is 7.80. The summed E-state index contributed by atoms with van der Waals surface area (Å²) in [6.07, 6.45) is -5.55. The van der Waals surface area contributed by atoms with Gasteiger partial charge >= 0.3 is 6.36 Å². The fraction of sp³-hybridized carbons (Fsp3) is 0.273. The van der Waals surface area contributed by atoms with E-state index in [4.69, 9.17) is 15.9 Å². The minimum absolute atomic E-state index is 0.239. The molecule has 0 radical (unpaired) electrons. The number of hydrogen-bond acceptors (Lipinski definition) is 5. The average Bonchev–Trinajstić information content (AvgIpc) is 2.28. The summed E-state index contributed by atoms with van der Waals surface area (Å²) >= 11 is 4.46. The smallest absolute Gasteiger partial charge is 0.481 e. The van der Waals surface area contributed by atoms with Crippen LogP contribution in [-0.4, -0.2) is 23.5 Å². The van der Waals surface area contributed by atoms with E-state index in [0.29, 0.717) is 0 Å². The first-order valence-corrected chi connectivity index (χ1v) is 5.66. The van der Waals surface area contributed by atoms with Gasteiger partial charge in [0, 0.05) is 0 Å². The Morgan fingerprint density at radius 1 is 1.25 bits per heavy atom. The quantitative estimate of drug-likeness (QED) is 0.508. The molecule has 0 heterocycles. The number of hydrogen-bond donors (Lipinski definition) is 2. The third-order valence-electron chi connectivity index (χ3n) is 1.95. The van der Waals surface area contributed by atoms with E-state index in [9.17, 15) is 13.2 Å². The number of ether oxygens (including phenoxy) is 3. The van der Waals surface area contributed by atoms with Crippen molar-refractivity contribution in [2.45, 2.75) is 19.4 Å². The van der Waals surface area contributed by atoms with Gasteiger partial charge in [0.05, 0.1) is 0 Å². The van der Waals surface area contributed by atoms with Crippen LogP contribution in [-0.2, 0) is 4.74 Å². The highest BCUT2D eigenvalue weighted by Gasteiger charge is 2.31. The first-order chi connectivity index (χ1) is 9.17. The van der Waals surface area contributed by atoms with E-state index in [0.717, 1.165) is 12.1 Å². The van der Waals surface area contributed by atoms with Crippen molar-refractivity contribution in [2.75, 3.05) is 0 Å². The second kappa shape index (κ2) is 6.42. The minimum Gasteiger partial charge on any atom is -0.481 e. The van der Waals surface area contributed by atoms with E-state index in [-0.39, 0.29) is 22.6 Å². The Hall–Kier alpha value is -2.03. The third kappa shape index (κ3) is 5.74. The Bertz CT molecular complexity index is 491. The largest absolute Gasteiger partial charge is 0.573 e. The molecule has 110 valence electrons. The van der Waals surface area contributed by atoms with E-state index >= 15 is 0 Å². The van der Waals surface area contributed by atoms with Gasteiger partial charge in [-0.05, 0) is 43.4 Å². The van der Waals surface area contributed by atoms with E-state index < -0.39 is 12.5 Å². The fourth-order valence-electron chi connectivity index (χ4n) is 1.17. The first-order valence-electron chi connectivity index (χ1n) is 5.25. The SMILES string of the molecule is CC(Oc1ccc(OC(F)(F)F)cc1)C(=N)OC(N)=S. The van der Waals surface area contributed by atoms with Gasteiger partial charge in [0.15, 0.2) is 6.10 Å². The van der Waals surface area contributed by atoms with Crippen LogP contribution in [0.1, 0.15) is 6.92 Å². The molecule has 0 fully saturated rings. The Labute approximate surface area is 117 Å². The lowest BCUT2D eigenvalue weighted by Gasteiger charge is -2.15. The number of benzene rings is 1. The molecule has 0 bridgehead atoms. The van der Waals surface area contributed by atoms with Crippen LogP contribution in [0.25, 0.3) is 0 Å². The molecule has 0 aliphatic heterocycles. The molecule has 1 atom stereocenters. The summed E-state index contributed by atoms with van der Waals surface area (Å²) in [4.78, 5) is 0. The van der Waals surface area contributed by atoms with Gasteiger partial charge in [-0.2, -0.15) is 0 Å². The van der Waals surface area contributed by atoms with Gasteiger partial charge < -0.3 is 19.9 Å². The molecule has 0 aliphatic carbocycles. The van der Waals surface area contributed by atoms with Crippen molar-refractivity contribution in [1.82, 2.24) is 0 Å². The van der Waals surface area contributed by atoms with Gasteiger partial charge in [0.1, 0.15) is 11.5 Å². The molecule has 0 saturated carbocycles. The summed E-state index contributed by atoms with van der Waals surface area (Å²) in [5.41, 5.74) is 5.09. The molecule has 1 aromatic rings. The fourth-order valence-corrected chi connectivity index (χ4v) is 1.26. The van der Waals surface area contributed by atoms with Crippen molar-refractivity contribution in [1.29, 1.82) is 5.41 Å². The Kier molecular flexibility index (Phi) is 5.14. The zero-order valence-corrected chi connectivity index (χ0v) is 11.0. The molecule has 0 aliphatic rings. The summed E-state index contributed by atoms with van der Waals surface area (Å²) in [5.74, 6) is -0.441. The molecule has 5 nitrogen and oxygen atoms in total. The highest BCUT2D eigenvalue weighted by Crippen LogP contribution is 2.25. The topological polar surface area (TPSA) is 77.6 Å². The molecule has 3 N–H and O–H groups in total. The zero-order valence-electron chi connectivity index (χ0n) is 10.2. The maximum absolute atomic E-state index is 12.0. The maximum atomic E-state index is 12.0. The summed E-state index contributed by atoms with van der Waals surface area (Å²) in [5, 5.41) is 7.13. The molecule has 0 aromatic heterocycles. The molecule has 9 heteroatoms. The second-order valence-electron chi connectivity index (χ2n) is 3.56. The van der Waals surface area contributed by atoms with Crippen LogP contribution in [0.4, 0.5) is 13.2 Å². The molecule has 1 unspecified atom stereocenters. The number of nitrogens with two attached hydrogens (primary N) is 1. The van der Waals surface area contributed by atoms with Crippen LogP contribution in [0.2, 0.25) is 0 Å². The van der Waals surface area contributed by atoms with Gasteiger partial charge in [-0.25, -0.2) is 0 Å². The Balaban J connectivity index is 2.61. The maximum Gasteiger partial charge on any atom is 0.573 e. The van der Waals surface area contributed by atoms with Gasteiger partial charge in [-0.3, -0.25) is 5.41 Å². The number of alkyl halides is 3. The van der Waals surface area contributed by atoms with E-state index in [1.54, 1.807) is 0 Å². The first kappa shape index (κ1) is 16.0. The predicted octanol–water partition coefficient (Wildman–Crippen LogP) is 2.59. The minimum atomic E-state index is -4.75. The van der Waals surface area contributed by atoms with Crippen LogP contribution < -0.4 is 15.2 Å². The molecule has 0 amide bonds. The van der Waals surface area contributed by atoms with Crippen molar-refractivity contribution < 1.29 is 27.4 Å². The molecule has 0 saturated heterocycles. The Morgan fingerprint density at radius 3 is 2.20 bits per heavy atom. The van der Waals surface area contributed by atoms with Crippen LogP contribution in [0, 0.1) is 5.41 Å². The van der Waals surface area contributed by atoms with Gasteiger partial charge in [-0.15, -0.1) is 13.2 Å². The number of thiocarbonyl (C=S) groups is 1. The molecule has 1 aromatic carbocycles. The van der Waals surface area contributed by atoms with Crippen LogP contribution in [0.3, 0.4) is 0 Å². The van der Waals surface area contributed by atoms with Gasteiger partial charge in [0.25, 0.3) is 5.17 Å². The normalized spacial score (nSPS) is 12.4. The molecule has 1 rings (SSSR count). The summed E-state index contributed by atoms with van der Waals surface area (Å²) in [6, 6.07) is 4.72. The number of rotatable bonds is 4. The van der Waals surface area contributed by atoms with E-state index in [1.807, 2.05) is 0 Å². The number of halogens is 3. The lowest BCUT2D eigenvalue weighted by atomic mass is 10.3. The third-order valence-corrected chi connectivity index (χ3v) is 2.03. The van der Waals surface area contributed by atoms with Crippen LogP contribution in [0.5, 0.6) is 11.5 Å². The average molecular weight is 308 g/mol. The van der Waals surface area contributed by atoms with Crippen LogP contribution >= 0.6 is 12.2 Å². The summed E-state index contributed by atoms with van der Waals surface area (Å²) in [7, 11) is 0. The second-order valence-corrected chi connectivity index (χ2v) is 3.97. The zero-order chi connectivity index (χ0) is 15.3. The molecule has 20 heavy (non-hydrogen) atoms. The van der Waals surface area contributed by atoms with Gasteiger partial charge in [-0.1, -0.05) is 0 Å². The monoisotopic (exact) mass is 308 g/mol. The lowest BCUT2D eigenvalue weighted by Crippen LogP contribution is -2.29. The van der Waals surface area contributed by atoms with E-state index in [1.165, 1.54) is 19.1 Å². The molecular weight excluding hydrogens is 297 g/mol. The lowest BCUT2D eigenvalue weighted by molar-refractivity contribution is -0.274. The van der Waals surface area contributed by atoms with Crippen molar-refractivity contribution in [2.24, 2.45) is 5.73 Å². The Morgan fingerprint density at radius 2 is 1.75 bits per heavy atom. The summed E-state index contributed by atoms with van der Waals surface area (Å²) < 4.78 is 49.5. The highest BCUT2D eigenvalue weighted by atomic mass is 32.1. The number of nitrogens with one attached hydrogen (secondary N) is 1. The van der Waals surface area contributed by atoms with Crippen molar-refractivity contribution >= 4 is 23.3 Å².